The molecule has 1 aromatic carbocycles. The van der Waals surface area contributed by atoms with Gasteiger partial charge in [0.05, 0.1) is 5.92 Å². The molecule has 7 nitrogen and oxygen atoms in total. The minimum absolute atomic E-state index is 0.0630. The quantitative estimate of drug-likeness (QED) is 0.807. The van der Waals surface area contributed by atoms with Crippen LogP contribution >= 0.6 is 0 Å². The van der Waals surface area contributed by atoms with E-state index in [9.17, 15) is 14.0 Å². The predicted octanol–water partition coefficient (Wildman–Crippen LogP) is 1.05. The number of nitrogens with zero attached hydrogens (tertiary/aromatic N) is 3. The van der Waals surface area contributed by atoms with Crippen LogP contribution in [0, 0.1) is 5.82 Å². The van der Waals surface area contributed by atoms with Crippen molar-refractivity contribution < 1.29 is 14.0 Å². The van der Waals surface area contributed by atoms with Crippen molar-refractivity contribution >= 4 is 17.5 Å². The lowest BCUT2D eigenvalue weighted by atomic mass is 9.89. The molecule has 0 radical (unpaired) electrons. The largest absolute Gasteiger partial charge is 0.355 e. The van der Waals surface area contributed by atoms with E-state index in [4.69, 9.17) is 0 Å². The molecule has 3 rings (SSSR count). The normalized spacial score (nSPS) is 16.6. The van der Waals surface area contributed by atoms with Crippen molar-refractivity contribution in [3.05, 3.63) is 42.2 Å². The molecule has 120 valence electrons. The number of carbonyl (C=O) groups excluding carboxylic acids is 2. The van der Waals surface area contributed by atoms with Crippen molar-refractivity contribution in [1.29, 1.82) is 0 Å². The molecule has 2 amide bonds. The van der Waals surface area contributed by atoms with Crippen molar-refractivity contribution in [2.45, 2.75) is 25.3 Å². The Morgan fingerprint density at radius 2 is 2.35 bits per heavy atom. The van der Waals surface area contributed by atoms with Gasteiger partial charge >= 0.3 is 0 Å². The number of hydrogen-bond donors (Lipinski definition) is 2. The van der Waals surface area contributed by atoms with E-state index < -0.39 is 11.7 Å². The van der Waals surface area contributed by atoms with Gasteiger partial charge in [-0.2, -0.15) is 5.10 Å². The number of nitrogens with one attached hydrogen (secondary N) is 2. The lowest BCUT2D eigenvalue weighted by molar-refractivity contribution is -0.126. The van der Waals surface area contributed by atoms with Crippen molar-refractivity contribution in [2.24, 2.45) is 0 Å². The van der Waals surface area contributed by atoms with E-state index in [1.807, 2.05) is 0 Å². The zero-order valence-electron chi connectivity index (χ0n) is 12.3. The Balaban J connectivity index is 1.60. The highest BCUT2D eigenvalue weighted by Crippen LogP contribution is 2.32. The average molecular weight is 317 g/mol. The molecule has 1 atom stereocenters. The lowest BCUT2D eigenvalue weighted by Crippen LogP contribution is -2.35. The number of rotatable bonds is 5. The van der Waals surface area contributed by atoms with Crippen molar-refractivity contribution in [2.75, 3.05) is 11.9 Å². The second-order valence-electron chi connectivity index (χ2n) is 5.34. The maximum atomic E-state index is 13.3. The zero-order valence-corrected chi connectivity index (χ0v) is 12.3. The van der Waals surface area contributed by atoms with Gasteiger partial charge < -0.3 is 10.6 Å². The Kier molecular flexibility index (Phi) is 4.31. The Bertz CT molecular complexity index is 717. The van der Waals surface area contributed by atoms with Gasteiger partial charge in [0, 0.05) is 25.2 Å². The maximum Gasteiger partial charge on any atom is 0.228 e. The highest BCUT2D eigenvalue weighted by molar-refractivity contribution is 6.01. The molecule has 0 saturated carbocycles. The summed E-state index contributed by atoms with van der Waals surface area (Å²) in [5, 5.41) is 9.39. The van der Waals surface area contributed by atoms with Gasteiger partial charge in [0.2, 0.25) is 11.8 Å². The van der Waals surface area contributed by atoms with Gasteiger partial charge in [-0.3, -0.25) is 14.3 Å². The summed E-state index contributed by atoms with van der Waals surface area (Å²) >= 11 is 0. The number of carbonyl (C=O) groups is 2. The third kappa shape index (κ3) is 3.53. The minimum atomic E-state index is -0.592. The summed E-state index contributed by atoms with van der Waals surface area (Å²) in [5.74, 6) is -1.55. The van der Waals surface area contributed by atoms with Crippen LogP contribution in [-0.2, 0) is 16.1 Å². The number of aryl methyl sites for hydroxylation is 1. The minimum Gasteiger partial charge on any atom is -0.355 e. The fourth-order valence-corrected chi connectivity index (χ4v) is 2.60. The smallest absolute Gasteiger partial charge is 0.228 e. The van der Waals surface area contributed by atoms with E-state index in [0.29, 0.717) is 30.8 Å². The fourth-order valence-electron chi connectivity index (χ4n) is 2.60. The molecule has 0 bridgehead atoms. The predicted molar refractivity (Wildman–Crippen MR) is 80.0 cm³/mol. The summed E-state index contributed by atoms with van der Waals surface area (Å²) in [7, 11) is 0. The second kappa shape index (κ2) is 6.55. The third-order valence-corrected chi connectivity index (χ3v) is 3.70. The van der Waals surface area contributed by atoms with Gasteiger partial charge in [-0.25, -0.2) is 9.37 Å². The first-order valence-corrected chi connectivity index (χ1v) is 7.33. The SMILES string of the molecule is O=C1C[C@@H](C(=O)NCCCn2cncn2)c2ccc(F)cc2N1. The van der Waals surface area contributed by atoms with E-state index in [-0.39, 0.29) is 18.2 Å². The van der Waals surface area contributed by atoms with Crippen LogP contribution in [0.2, 0.25) is 0 Å². The molecule has 8 heteroatoms. The summed E-state index contributed by atoms with van der Waals surface area (Å²) in [6.45, 7) is 1.11. The number of hydrogen-bond acceptors (Lipinski definition) is 4. The Hall–Kier alpha value is -2.77. The molecule has 23 heavy (non-hydrogen) atoms. The Labute approximate surface area is 131 Å². The van der Waals surface area contributed by atoms with Crippen LogP contribution in [0.4, 0.5) is 10.1 Å². The molecule has 0 aliphatic carbocycles. The first-order chi connectivity index (χ1) is 11.1. The van der Waals surface area contributed by atoms with E-state index in [2.05, 4.69) is 20.7 Å². The molecule has 0 unspecified atom stereocenters. The zero-order chi connectivity index (χ0) is 16.2. The number of amides is 2. The Morgan fingerprint density at radius 3 is 3.13 bits per heavy atom. The molecule has 2 N–H and O–H groups in total. The highest BCUT2D eigenvalue weighted by atomic mass is 19.1. The van der Waals surface area contributed by atoms with Crippen molar-refractivity contribution in [1.82, 2.24) is 20.1 Å². The first kappa shape index (κ1) is 15.1. The molecule has 0 saturated heterocycles. The monoisotopic (exact) mass is 317 g/mol. The molecule has 0 spiro atoms. The maximum absolute atomic E-state index is 13.3. The van der Waals surface area contributed by atoms with Gasteiger partial charge in [-0.1, -0.05) is 6.07 Å². The molecule has 1 aliphatic rings. The van der Waals surface area contributed by atoms with Crippen LogP contribution in [0.1, 0.15) is 24.3 Å². The van der Waals surface area contributed by atoms with Crippen LogP contribution in [0.5, 0.6) is 0 Å². The van der Waals surface area contributed by atoms with Crippen LogP contribution in [0.25, 0.3) is 0 Å². The van der Waals surface area contributed by atoms with Gasteiger partial charge in [-0.15, -0.1) is 0 Å². The van der Waals surface area contributed by atoms with Gasteiger partial charge in [0.25, 0.3) is 0 Å². The summed E-state index contributed by atoms with van der Waals surface area (Å²) in [6, 6.07) is 4.07. The van der Waals surface area contributed by atoms with Crippen molar-refractivity contribution in [3.63, 3.8) is 0 Å². The number of fused-ring (bicyclic) bond motifs is 1. The standard InChI is InChI=1S/C15H16FN5O2/c16-10-2-3-11-12(7-14(22)20-13(11)6-10)15(23)18-4-1-5-21-9-17-8-19-21/h2-3,6,8-9,12H,1,4-5,7H2,(H,18,23)(H,20,22)/t12-/m1/s1. The van der Waals surface area contributed by atoms with Crippen LogP contribution < -0.4 is 10.6 Å². The van der Waals surface area contributed by atoms with E-state index in [0.717, 1.165) is 0 Å². The molecule has 1 aromatic heterocycles. The topological polar surface area (TPSA) is 88.9 Å². The third-order valence-electron chi connectivity index (χ3n) is 3.70. The summed E-state index contributed by atoms with van der Waals surface area (Å²) in [4.78, 5) is 27.9. The van der Waals surface area contributed by atoms with E-state index in [1.165, 1.54) is 18.5 Å². The van der Waals surface area contributed by atoms with Crippen LogP contribution in [0.15, 0.2) is 30.9 Å². The average Bonchev–Trinajstić information content (AvgIpc) is 3.03. The number of benzene rings is 1. The molecular weight excluding hydrogens is 301 g/mol. The molecule has 0 fully saturated rings. The number of aromatic nitrogens is 3. The van der Waals surface area contributed by atoms with Crippen molar-refractivity contribution in [3.8, 4) is 0 Å². The molecule has 1 aliphatic heterocycles. The number of halogens is 1. The highest BCUT2D eigenvalue weighted by Gasteiger charge is 2.30. The lowest BCUT2D eigenvalue weighted by Gasteiger charge is -2.24. The van der Waals surface area contributed by atoms with Crippen LogP contribution in [0.3, 0.4) is 0 Å². The molecule has 2 aromatic rings. The van der Waals surface area contributed by atoms with Gasteiger partial charge in [0.15, 0.2) is 0 Å². The molecule has 2 heterocycles. The summed E-state index contributed by atoms with van der Waals surface area (Å²) in [6.07, 6.45) is 3.82. The van der Waals surface area contributed by atoms with Gasteiger partial charge in [-0.05, 0) is 24.1 Å². The van der Waals surface area contributed by atoms with E-state index in [1.54, 1.807) is 17.1 Å². The number of anilines is 1. The van der Waals surface area contributed by atoms with Crippen LogP contribution in [-0.4, -0.2) is 33.1 Å². The molecular formula is C15H16FN5O2. The summed E-state index contributed by atoms with van der Waals surface area (Å²) < 4.78 is 14.9. The fraction of sp³-hybridized carbons (Fsp3) is 0.333. The summed E-state index contributed by atoms with van der Waals surface area (Å²) in [5.41, 5.74) is 1.00. The first-order valence-electron chi connectivity index (χ1n) is 7.33. The van der Waals surface area contributed by atoms with Gasteiger partial charge in [0.1, 0.15) is 18.5 Å². The second-order valence-corrected chi connectivity index (χ2v) is 5.34. The van der Waals surface area contributed by atoms with E-state index >= 15 is 0 Å². The Morgan fingerprint density at radius 1 is 1.48 bits per heavy atom.